The molecule has 0 aliphatic carbocycles. The predicted molar refractivity (Wildman–Crippen MR) is 128 cm³/mol. The molecule has 0 radical (unpaired) electrons. The maximum Gasteiger partial charge on any atom is 0.229 e. The van der Waals surface area contributed by atoms with Gasteiger partial charge in [-0.25, -0.2) is 0 Å². The standard InChI is InChI=1S/C23H31N3O2.2ClH/c1-17-16-20(10-11-21(17)28-15-14-26-12-6-7-13-26)25-23(27)18(2)22(24)19-8-4-3-5-9-19;;/h3-5,8-11,16,18,22H,6-7,12-15,24H2,1-2H3,(H,25,27);2*1H. The monoisotopic (exact) mass is 453 g/mol. The molecule has 3 rings (SSSR count). The van der Waals surface area contributed by atoms with Crippen LogP contribution in [-0.4, -0.2) is 37.0 Å². The van der Waals surface area contributed by atoms with Crippen molar-refractivity contribution in [3.8, 4) is 5.75 Å². The second-order valence-electron chi connectivity index (χ2n) is 7.59. The first-order valence-corrected chi connectivity index (χ1v) is 10.1. The smallest absolute Gasteiger partial charge is 0.229 e. The maximum atomic E-state index is 12.6. The fourth-order valence-corrected chi connectivity index (χ4v) is 3.56. The van der Waals surface area contributed by atoms with Crippen LogP contribution in [0.25, 0.3) is 0 Å². The molecule has 2 atom stereocenters. The van der Waals surface area contributed by atoms with Crippen molar-refractivity contribution in [2.45, 2.75) is 32.7 Å². The van der Waals surface area contributed by atoms with Gasteiger partial charge in [0.2, 0.25) is 5.91 Å². The van der Waals surface area contributed by atoms with Gasteiger partial charge in [-0.05, 0) is 62.2 Å². The minimum absolute atomic E-state index is 0. The lowest BCUT2D eigenvalue weighted by molar-refractivity contribution is -0.120. The second kappa shape index (κ2) is 12.8. The van der Waals surface area contributed by atoms with Gasteiger partial charge in [-0.2, -0.15) is 0 Å². The number of hydrogen-bond donors (Lipinski definition) is 2. The Morgan fingerprint density at radius 1 is 1.13 bits per heavy atom. The lowest BCUT2D eigenvalue weighted by atomic mass is 9.94. The van der Waals surface area contributed by atoms with E-state index in [-0.39, 0.29) is 42.7 Å². The first kappa shape index (κ1) is 26.2. The number of rotatable bonds is 8. The summed E-state index contributed by atoms with van der Waals surface area (Å²) < 4.78 is 5.93. The molecule has 0 aromatic heterocycles. The molecule has 0 saturated carbocycles. The topological polar surface area (TPSA) is 67.6 Å². The van der Waals surface area contributed by atoms with Crippen LogP contribution in [0.15, 0.2) is 48.5 Å². The highest BCUT2D eigenvalue weighted by atomic mass is 35.5. The van der Waals surface area contributed by atoms with Crippen molar-refractivity contribution < 1.29 is 9.53 Å². The van der Waals surface area contributed by atoms with Crippen molar-refractivity contribution in [1.82, 2.24) is 4.90 Å². The van der Waals surface area contributed by atoms with Gasteiger partial charge in [0.15, 0.2) is 0 Å². The first-order chi connectivity index (χ1) is 13.5. The van der Waals surface area contributed by atoms with Crippen LogP contribution in [-0.2, 0) is 4.79 Å². The number of ether oxygens (including phenoxy) is 1. The minimum atomic E-state index is -0.338. The molecule has 166 valence electrons. The Morgan fingerprint density at radius 3 is 2.43 bits per heavy atom. The van der Waals surface area contributed by atoms with E-state index in [0.29, 0.717) is 6.61 Å². The summed E-state index contributed by atoms with van der Waals surface area (Å²) in [6.45, 7) is 7.87. The summed E-state index contributed by atoms with van der Waals surface area (Å²) in [6.07, 6.45) is 2.58. The number of likely N-dealkylation sites (tertiary alicyclic amines) is 1. The highest BCUT2D eigenvalue weighted by Crippen LogP contribution is 2.24. The molecule has 0 bridgehead atoms. The van der Waals surface area contributed by atoms with Crippen molar-refractivity contribution in [2.75, 3.05) is 31.6 Å². The summed E-state index contributed by atoms with van der Waals surface area (Å²) in [4.78, 5) is 15.0. The van der Waals surface area contributed by atoms with Gasteiger partial charge in [0.1, 0.15) is 12.4 Å². The third kappa shape index (κ3) is 7.17. The Balaban J connectivity index is 0.00000225. The van der Waals surface area contributed by atoms with Crippen LogP contribution < -0.4 is 15.8 Å². The van der Waals surface area contributed by atoms with Crippen molar-refractivity contribution in [2.24, 2.45) is 11.7 Å². The molecular formula is C23H33Cl2N3O2. The molecule has 0 spiro atoms. The number of halogens is 2. The second-order valence-corrected chi connectivity index (χ2v) is 7.59. The molecule has 30 heavy (non-hydrogen) atoms. The van der Waals surface area contributed by atoms with Crippen molar-refractivity contribution >= 4 is 36.4 Å². The van der Waals surface area contributed by atoms with E-state index in [1.165, 1.54) is 25.9 Å². The number of anilines is 1. The molecule has 1 fully saturated rings. The van der Waals surface area contributed by atoms with Crippen LogP contribution in [0, 0.1) is 12.8 Å². The third-order valence-electron chi connectivity index (χ3n) is 5.44. The molecule has 2 unspecified atom stereocenters. The average molecular weight is 454 g/mol. The van der Waals surface area contributed by atoms with Gasteiger partial charge in [-0.15, -0.1) is 24.8 Å². The van der Waals surface area contributed by atoms with Crippen LogP contribution >= 0.6 is 24.8 Å². The van der Waals surface area contributed by atoms with Crippen LogP contribution in [0.5, 0.6) is 5.75 Å². The Morgan fingerprint density at radius 2 is 1.80 bits per heavy atom. The molecule has 1 aliphatic rings. The fourth-order valence-electron chi connectivity index (χ4n) is 3.56. The van der Waals surface area contributed by atoms with Gasteiger partial charge in [0.25, 0.3) is 0 Å². The molecule has 3 N–H and O–H groups in total. The molecule has 2 aromatic carbocycles. The number of carbonyl (C=O) groups is 1. The molecule has 1 amide bonds. The summed E-state index contributed by atoms with van der Waals surface area (Å²) in [6, 6.07) is 15.1. The van der Waals surface area contributed by atoms with Crippen LogP contribution in [0.1, 0.15) is 36.9 Å². The van der Waals surface area contributed by atoms with Gasteiger partial charge in [-0.1, -0.05) is 37.3 Å². The van der Waals surface area contributed by atoms with E-state index in [1.807, 2.05) is 62.4 Å². The molecule has 1 saturated heterocycles. The number of hydrogen-bond acceptors (Lipinski definition) is 4. The summed E-state index contributed by atoms with van der Waals surface area (Å²) >= 11 is 0. The lowest BCUT2D eigenvalue weighted by Gasteiger charge is -2.20. The Labute approximate surface area is 192 Å². The summed E-state index contributed by atoms with van der Waals surface area (Å²) in [5.41, 5.74) is 9.01. The molecule has 1 heterocycles. The van der Waals surface area contributed by atoms with Crippen molar-refractivity contribution in [3.05, 3.63) is 59.7 Å². The Kier molecular flexibility index (Phi) is 11.2. The van der Waals surface area contributed by atoms with Crippen LogP contribution in [0.4, 0.5) is 5.69 Å². The Hall–Kier alpha value is -1.79. The highest BCUT2D eigenvalue weighted by Gasteiger charge is 2.22. The number of benzene rings is 2. The number of nitrogens with zero attached hydrogens (tertiary/aromatic N) is 1. The molecule has 2 aromatic rings. The average Bonchev–Trinajstić information content (AvgIpc) is 3.22. The summed E-state index contributed by atoms with van der Waals surface area (Å²) in [5.74, 6) is 0.448. The zero-order valence-electron chi connectivity index (χ0n) is 17.7. The van der Waals surface area contributed by atoms with E-state index in [9.17, 15) is 4.79 Å². The zero-order valence-corrected chi connectivity index (χ0v) is 19.3. The number of nitrogens with two attached hydrogens (primary N) is 1. The normalized spacial score (nSPS) is 15.4. The number of aryl methyl sites for hydroxylation is 1. The lowest BCUT2D eigenvalue weighted by Crippen LogP contribution is -2.30. The van der Waals surface area contributed by atoms with Crippen molar-refractivity contribution in [3.63, 3.8) is 0 Å². The van der Waals surface area contributed by atoms with E-state index < -0.39 is 0 Å². The largest absolute Gasteiger partial charge is 0.492 e. The minimum Gasteiger partial charge on any atom is -0.492 e. The number of amides is 1. The van der Waals surface area contributed by atoms with E-state index in [2.05, 4.69) is 10.2 Å². The van der Waals surface area contributed by atoms with E-state index in [1.54, 1.807) is 0 Å². The Bertz CT molecular complexity index is 783. The number of carbonyl (C=O) groups excluding carboxylic acids is 1. The molecule has 5 nitrogen and oxygen atoms in total. The van der Waals surface area contributed by atoms with E-state index >= 15 is 0 Å². The predicted octanol–water partition coefficient (Wildman–Crippen LogP) is 4.59. The van der Waals surface area contributed by atoms with Gasteiger partial charge in [0.05, 0.1) is 5.92 Å². The van der Waals surface area contributed by atoms with Crippen LogP contribution in [0.2, 0.25) is 0 Å². The van der Waals surface area contributed by atoms with Gasteiger partial charge < -0.3 is 15.8 Å². The van der Waals surface area contributed by atoms with Gasteiger partial charge >= 0.3 is 0 Å². The maximum absolute atomic E-state index is 12.6. The van der Waals surface area contributed by atoms with Crippen molar-refractivity contribution in [1.29, 1.82) is 0 Å². The highest BCUT2D eigenvalue weighted by molar-refractivity contribution is 5.93. The van der Waals surface area contributed by atoms with E-state index in [4.69, 9.17) is 10.5 Å². The summed E-state index contributed by atoms with van der Waals surface area (Å²) in [5, 5.41) is 2.98. The number of nitrogens with one attached hydrogen (secondary N) is 1. The molecular weight excluding hydrogens is 421 g/mol. The van der Waals surface area contributed by atoms with Gasteiger partial charge in [-0.3, -0.25) is 9.69 Å². The molecule has 1 aliphatic heterocycles. The fraction of sp³-hybridized carbons (Fsp3) is 0.435. The summed E-state index contributed by atoms with van der Waals surface area (Å²) in [7, 11) is 0. The molecule has 7 heteroatoms. The quantitative estimate of drug-likeness (QED) is 0.613. The first-order valence-electron chi connectivity index (χ1n) is 10.1. The van der Waals surface area contributed by atoms with Crippen LogP contribution in [0.3, 0.4) is 0 Å². The SMILES string of the molecule is Cc1cc(NC(=O)C(C)C(N)c2ccccc2)ccc1OCCN1CCCC1.Cl.Cl. The van der Waals surface area contributed by atoms with Gasteiger partial charge in [0, 0.05) is 18.3 Å². The van der Waals surface area contributed by atoms with E-state index in [0.717, 1.165) is 29.1 Å². The third-order valence-corrected chi connectivity index (χ3v) is 5.44. The zero-order chi connectivity index (χ0) is 19.9.